The molecule has 1 aromatic heterocycles. The second-order valence-corrected chi connectivity index (χ2v) is 6.45. The van der Waals surface area contributed by atoms with Crippen molar-refractivity contribution >= 4 is 12.0 Å². The van der Waals surface area contributed by atoms with E-state index in [1.165, 1.54) is 0 Å². The summed E-state index contributed by atoms with van der Waals surface area (Å²) in [7, 11) is 0. The van der Waals surface area contributed by atoms with Gasteiger partial charge in [0.15, 0.2) is 0 Å². The quantitative estimate of drug-likeness (QED) is 0.767. The van der Waals surface area contributed by atoms with E-state index in [-0.39, 0.29) is 24.1 Å². The Morgan fingerprint density at radius 1 is 1.26 bits per heavy atom. The summed E-state index contributed by atoms with van der Waals surface area (Å²) >= 11 is 0. The summed E-state index contributed by atoms with van der Waals surface area (Å²) in [5.74, 6) is 0.912. The van der Waals surface area contributed by atoms with Crippen LogP contribution in [0.5, 0.6) is 0 Å². The molecule has 3 N–H and O–H groups in total. The molecule has 0 spiro atoms. The lowest BCUT2D eigenvalue weighted by molar-refractivity contribution is 0.132. The first kappa shape index (κ1) is 16.0. The number of aromatic nitrogens is 2. The monoisotopic (exact) mass is 319 g/mol. The largest absolute Gasteiger partial charge is 0.393 e. The summed E-state index contributed by atoms with van der Waals surface area (Å²) < 4.78 is 0. The zero-order chi connectivity index (χ0) is 16.1. The molecule has 1 saturated heterocycles. The lowest BCUT2D eigenvalue weighted by Gasteiger charge is -2.33. The number of urea groups is 1. The predicted molar refractivity (Wildman–Crippen MR) is 87.1 cm³/mol. The zero-order valence-electron chi connectivity index (χ0n) is 13.3. The van der Waals surface area contributed by atoms with E-state index in [0.717, 1.165) is 45.2 Å². The van der Waals surface area contributed by atoms with Crippen molar-refractivity contribution < 1.29 is 9.90 Å². The predicted octanol–water partition coefficient (Wildman–Crippen LogP) is 0.906. The number of carbonyl (C=O) groups is 1. The van der Waals surface area contributed by atoms with Gasteiger partial charge in [-0.1, -0.05) is 6.42 Å². The summed E-state index contributed by atoms with van der Waals surface area (Å²) in [6.07, 6.45) is 8.05. The molecule has 7 heteroatoms. The number of nitrogens with one attached hydrogen (secondary N) is 2. The molecule has 0 bridgehead atoms. The van der Waals surface area contributed by atoms with Crippen molar-refractivity contribution in [1.82, 2.24) is 20.6 Å². The van der Waals surface area contributed by atoms with Gasteiger partial charge in [0.05, 0.1) is 6.10 Å². The van der Waals surface area contributed by atoms with Crippen LogP contribution in [0.1, 0.15) is 32.1 Å². The van der Waals surface area contributed by atoms with Gasteiger partial charge in [-0.25, -0.2) is 14.8 Å². The first-order valence-corrected chi connectivity index (χ1v) is 8.47. The summed E-state index contributed by atoms with van der Waals surface area (Å²) in [4.78, 5) is 22.7. The van der Waals surface area contributed by atoms with Crippen molar-refractivity contribution in [1.29, 1.82) is 0 Å². The SMILES string of the molecule is O=C(NCC1CCCC1O)NC1CCCN(c2ncccn2)C1. The maximum absolute atomic E-state index is 12.1. The number of amides is 2. The molecular formula is C16H25N5O2. The third-order valence-electron chi connectivity index (χ3n) is 4.74. The lowest BCUT2D eigenvalue weighted by atomic mass is 10.1. The van der Waals surface area contributed by atoms with Crippen LogP contribution in [-0.2, 0) is 0 Å². The van der Waals surface area contributed by atoms with Crippen LogP contribution >= 0.6 is 0 Å². The zero-order valence-corrected chi connectivity index (χ0v) is 13.3. The molecule has 3 atom stereocenters. The first-order chi connectivity index (χ1) is 11.2. The standard InChI is InChI=1S/C16H25N5O2/c22-14-6-1-4-12(14)10-19-16(23)20-13-5-2-9-21(11-13)15-17-7-3-8-18-15/h3,7-8,12-14,22H,1-2,4-6,9-11H2,(H2,19,20,23). The number of aliphatic hydroxyl groups excluding tert-OH is 1. The van der Waals surface area contributed by atoms with Crippen LogP contribution < -0.4 is 15.5 Å². The fraction of sp³-hybridized carbons (Fsp3) is 0.688. The molecule has 2 aliphatic rings. The molecule has 126 valence electrons. The Bertz CT molecular complexity index is 512. The summed E-state index contributed by atoms with van der Waals surface area (Å²) in [6.45, 7) is 2.19. The highest BCUT2D eigenvalue weighted by atomic mass is 16.3. The molecule has 3 unspecified atom stereocenters. The smallest absolute Gasteiger partial charge is 0.315 e. The molecule has 3 rings (SSSR count). The van der Waals surface area contributed by atoms with Gasteiger partial charge in [-0.3, -0.25) is 0 Å². The van der Waals surface area contributed by atoms with Crippen LogP contribution in [0, 0.1) is 5.92 Å². The van der Waals surface area contributed by atoms with Crippen molar-refractivity contribution in [2.75, 3.05) is 24.5 Å². The van der Waals surface area contributed by atoms with E-state index < -0.39 is 0 Å². The number of aliphatic hydroxyl groups is 1. The molecule has 23 heavy (non-hydrogen) atoms. The van der Waals surface area contributed by atoms with Crippen molar-refractivity contribution in [2.24, 2.45) is 5.92 Å². The van der Waals surface area contributed by atoms with Crippen LogP contribution in [0.25, 0.3) is 0 Å². The Morgan fingerprint density at radius 3 is 2.83 bits per heavy atom. The normalized spacial score (nSPS) is 27.7. The van der Waals surface area contributed by atoms with E-state index in [1.54, 1.807) is 18.5 Å². The van der Waals surface area contributed by atoms with Crippen molar-refractivity contribution in [3.05, 3.63) is 18.5 Å². The number of carbonyl (C=O) groups excluding carboxylic acids is 1. The molecule has 2 amide bonds. The summed E-state index contributed by atoms with van der Waals surface area (Å²) in [5, 5.41) is 15.7. The molecular weight excluding hydrogens is 294 g/mol. The second-order valence-electron chi connectivity index (χ2n) is 6.45. The molecule has 7 nitrogen and oxygen atoms in total. The van der Waals surface area contributed by atoms with Gasteiger partial charge in [0.1, 0.15) is 0 Å². The molecule has 1 saturated carbocycles. The van der Waals surface area contributed by atoms with Crippen LogP contribution in [0.2, 0.25) is 0 Å². The highest BCUT2D eigenvalue weighted by Gasteiger charge is 2.26. The summed E-state index contributed by atoms with van der Waals surface area (Å²) in [5.41, 5.74) is 0. The number of rotatable bonds is 4. The van der Waals surface area contributed by atoms with Gasteiger partial charge in [0.2, 0.25) is 5.95 Å². The van der Waals surface area contributed by atoms with Gasteiger partial charge in [-0.15, -0.1) is 0 Å². The Balaban J connectivity index is 1.45. The fourth-order valence-electron chi connectivity index (χ4n) is 3.45. The Labute approximate surface area is 136 Å². The van der Waals surface area contributed by atoms with E-state index in [9.17, 15) is 9.90 Å². The minimum Gasteiger partial charge on any atom is -0.393 e. The fourth-order valence-corrected chi connectivity index (χ4v) is 3.45. The van der Waals surface area contributed by atoms with E-state index in [1.807, 2.05) is 0 Å². The molecule has 1 aliphatic carbocycles. The average Bonchev–Trinajstić information content (AvgIpc) is 2.99. The topological polar surface area (TPSA) is 90.4 Å². The minimum atomic E-state index is -0.268. The van der Waals surface area contributed by atoms with Crippen molar-refractivity contribution in [2.45, 2.75) is 44.2 Å². The Kier molecular flexibility index (Phi) is 5.27. The highest BCUT2D eigenvalue weighted by Crippen LogP contribution is 2.24. The Hall–Kier alpha value is -1.89. The number of nitrogens with zero attached hydrogens (tertiary/aromatic N) is 3. The molecule has 2 heterocycles. The van der Waals surface area contributed by atoms with E-state index in [0.29, 0.717) is 12.5 Å². The number of anilines is 1. The number of hydrogen-bond acceptors (Lipinski definition) is 5. The van der Waals surface area contributed by atoms with Crippen LogP contribution in [0.15, 0.2) is 18.5 Å². The highest BCUT2D eigenvalue weighted by molar-refractivity contribution is 5.74. The van der Waals surface area contributed by atoms with Gasteiger partial charge >= 0.3 is 6.03 Å². The average molecular weight is 319 g/mol. The molecule has 0 radical (unpaired) electrons. The number of piperidine rings is 1. The third kappa shape index (κ3) is 4.31. The Morgan fingerprint density at radius 2 is 2.09 bits per heavy atom. The van der Waals surface area contributed by atoms with Crippen LogP contribution in [0.3, 0.4) is 0 Å². The van der Waals surface area contributed by atoms with E-state index in [4.69, 9.17) is 0 Å². The van der Waals surface area contributed by atoms with E-state index in [2.05, 4.69) is 25.5 Å². The molecule has 2 fully saturated rings. The van der Waals surface area contributed by atoms with Crippen molar-refractivity contribution in [3.63, 3.8) is 0 Å². The summed E-state index contributed by atoms with van der Waals surface area (Å²) in [6, 6.07) is 1.75. The minimum absolute atomic E-state index is 0.0982. The molecule has 0 aromatic carbocycles. The third-order valence-corrected chi connectivity index (χ3v) is 4.74. The van der Waals surface area contributed by atoms with Gasteiger partial charge in [-0.2, -0.15) is 0 Å². The van der Waals surface area contributed by atoms with Crippen LogP contribution in [-0.4, -0.2) is 52.9 Å². The van der Waals surface area contributed by atoms with Gasteiger partial charge in [0, 0.05) is 44.0 Å². The molecule has 1 aliphatic heterocycles. The molecule has 1 aromatic rings. The van der Waals surface area contributed by atoms with Gasteiger partial charge in [0.25, 0.3) is 0 Å². The van der Waals surface area contributed by atoms with Crippen LogP contribution in [0.4, 0.5) is 10.7 Å². The lowest BCUT2D eigenvalue weighted by Crippen LogP contribution is -2.51. The van der Waals surface area contributed by atoms with Crippen molar-refractivity contribution in [3.8, 4) is 0 Å². The maximum Gasteiger partial charge on any atom is 0.315 e. The second kappa shape index (κ2) is 7.59. The first-order valence-electron chi connectivity index (χ1n) is 8.47. The maximum atomic E-state index is 12.1. The van der Waals surface area contributed by atoms with E-state index >= 15 is 0 Å². The number of hydrogen-bond donors (Lipinski definition) is 3. The van der Waals surface area contributed by atoms with Gasteiger partial charge in [-0.05, 0) is 31.7 Å². The van der Waals surface area contributed by atoms with Gasteiger partial charge < -0.3 is 20.6 Å².